The van der Waals surface area contributed by atoms with Crippen LogP contribution in [0.3, 0.4) is 0 Å². The Balaban J connectivity index is 2.10. The number of hydrogen-bond acceptors (Lipinski definition) is 3. The Morgan fingerprint density at radius 2 is 1.52 bits per heavy atom. The summed E-state index contributed by atoms with van der Waals surface area (Å²) in [4.78, 5) is 0. The first-order valence-electron chi connectivity index (χ1n) is 7.98. The average Bonchev–Trinajstić information content (AvgIpc) is 2.58. The molecular weight excluding hydrogens is 286 g/mol. The van der Waals surface area contributed by atoms with Crippen molar-refractivity contribution in [3.05, 3.63) is 60.2 Å². The molecule has 0 aromatic heterocycles. The maximum absolute atomic E-state index is 9.95. The average molecular weight is 309 g/mol. The van der Waals surface area contributed by atoms with Crippen LogP contribution in [0.1, 0.15) is 19.4 Å². The highest BCUT2D eigenvalue weighted by atomic mass is 16.3. The van der Waals surface area contributed by atoms with Crippen molar-refractivity contribution in [3.63, 3.8) is 0 Å². The minimum Gasteiger partial charge on any atom is -0.394 e. The highest BCUT2D eigenvalue weighted by Gasteiger charge is 2.28. The van der Waals surface area contributed by atoms with Crippen molar-refractivity contribution < 1.29 is 10.2 Å². The summed E-state index contributed by atoms with van der Waals surface area (Å²) in [6, 6.07) is 18.9. The third-order valence-electron chi connectivity index (χ3n) is 4.80. The molecule has 0 saturated carbocycles. The summed E-state index contributed by atoms with van der Waals surface area (Å²) in [6.45, 7) is 4.01. The third-order valence-corrected chi connectivity index (χ3v) is 4.80. The first kappa shape index (κ1) is 15.9. The fourth-order valence-electron chi connectivity index (χ4n) is 2.92. The SMILES string of the molecule is C[C@H](O)[C@@](C)(CO)NCc1c2ccccc2cc2ccccc12. The van der Waals surface area contributed by atoms with Gasteiger partial charge in [0.1, 0.15) is 0 Å². The Morgan fingerprint density at radius 3 is 2.00 bits per heavy atom. The van der Waals surface area contributed by atoms with Gasteiger partial charge in [-0.3, -0.25) is 0 Å². The Labute approximate surface area is 136 Å². The molecule has 0 amide bonds. The number of benzene rings is 3. The number of rotatable bonds is 5. The van der Waals surface area contributed by atoms with E-state index < -0.39 is 11.6 Å². The van der Waals surface area contributed by atoms with E-state index in [1.165, 1.54) is 27.1 Å². The van der Waals surface area contributed by atoms with Crippen molar-refractivity contribution in [3.8, 4) is 0 Å². The van der Waals surface area contributed by atoms with Gasteiger partial charge in [0.2, 0.25) is 0 Å². The molecule has 0 saturated heterocycles. The lowest BCUT2D eigenvalue weighted by Crippen LogP contribution is -2.53. The number of fused-ring (bicyclic) bond motifs is 2. The number of hydrogen-bond donors (Lipinski definition) is 3. The zero-order valence-corrected chi connectivity index (χ0v) is 13.6. The van der Waals surface area contributed by atoms with Crippen LogP contribution in [0.2, 0.25) is 0 Å². The normalized spacial score (nSPS) is 15.7. The molecule has 3 heteroatoms. The van der Waals surface area contributed by atoms with E-state index in [9.17, 15) is 10.2 Å². The summed E-state index contributed by atoms with van der Waals surface area (Å²) in [6.07, 6.45) is -0.645. The van der Waals surface area contributed by atoms with Gasteiger partial charge in [-0.25, -0.2) is 0 Å². The van der Waals surface area contributed by atoms with Crippen LogP contribution >= 0.6 is 0 Å². The third kappa shape index (κ3) is 2.95. The predicted molar refractivity (Wildman–Crippen MR) is 95.5 cm³/mol. The zero-order valence-electron chi connectivity index (χ0n) is 13.6. The largest absolute Gasteiger partial charge is 0.394 e. The summed E-state index contributed by atoms with van der Waals surface area (Å²) < 4.78 is 0. The van der Waals surface area contributed by atoms with Crippen LogP contribution in [0.5, 0.6) is 0 Å². The van der Waals surface area contributed by atoms with Crippen molar-refractivity contribution >= 4 is 21.5 Å². The van der Waals surface area contributed by atoms with Crippen LogP contribution in [-0.2, 0) is 6.54 Å². The van der Waals surface area contributed by atoms with Crippen molar-refractivity contribution in [2.45, 2.75) is 32.0 Å². The van der Waals surface area contributed by atoms with Crippen molar-refractivity contribution in [2.75, 3.05) is 6.61 Å². The summed E-state index contributed by atoms with van der Waals surface area (Å²) >= 11 is 0. The lowest BCUT2D eigenvalue weighted by atomic mass is 9.93. The van der Waals surface area contributed by atoms with E-state index in [0.717, 1.165) is 0 Å². The smallest absolute Gasteiger partial charge is 0.0713 e. The first-order chi connectivity index (χ1) is 11.0. The van der Waals surface area contributed by atoms with Gasteiger partial charge in [0.15, 0.2) is 0 Å². The Kier molecular flexibility index (Phi) is 4.35. The fourth-order valence-corrected chi connectivity index (χ4v) is 2.92. The highest BCUT2D eigenvalue weighted by Crippen LogP contribution is 2.29. The second-order valence-corrected chi connectivity index (χ2v) is 6.40. The molecule has 0 spiro atoms. The Hall–Kier alpha value is -1.94. The van der Waals surface area contributed by atoms with Crippen LogP contribution in [-0.4, -0.2) is 28.5 Å². The van der Waals surface area contributed by atoms with Gasteiger partial charge in [-0.05, 0) is 47.0 Å². The molecule has 3 nitrogen and oxygen atoms in total. The maximum Gasteiger partial charge on any atom is 0.0713 e. The standard InChI is InChI=1S/C20H23NO2/c1-14(23)20(2,13-22)21-12-19-17-9-5-3-7-15(17)11-16-8-4-6-10-18(16)19/h3-11,14,21-23H,12-13H2,1-2H3/t14-,20+/m0/s1. The molecule has 0 aliphatic heterocycles. The quantitative estimate of drug-likeness (QED) is 0.634. The van der Waals surface area contributed by atoms with Gasteiger partial charge >= 0.3 is 0 Å². The Morgan fingerprint density at radius 1 is 1.00 bits per heavy atom. The second-order valence-electron chi connectivity index (χ2n) is 6.40. The molecule has 0 heterocycles. The molecule has 0 radical (unpaired) electrons. The van der Waals surface area contributed by atoms with Gasteiger partial charge in [0, 0.05) is 6.54 Å². The molecule has 0 fully saturated rings. The zero-order chi connectivity index (χ0) is 16.4. The molecular formula is C20H23NO2. The topological polar surface area (TPSA) is 52.5 Å². The summed E-state index contributed by atoms with van der Waals surface area (Å²) in [5.74, 6) is 0. The molecule has 3 rings (SSSR count). The molecule has 0 unspecified atom stereocenters. The van der Waals surface area contributed by atoms with E-state index >= 15 is 0 Å². The van der Waals surface area contributed by atoms with Gasteiger partial charge in [-0.1, -0.05) is 48.5 Å². The van der Waals surface area contributed by atoms with Gasteiger partial charge < -0.3 is 15.5 Å². The van der Waals surface area contributed by atoms with Gasteiger partial charge in [0.25, 0.3) is 0 Å². The van der Waals surface area contributed by atoms with Crippen LogP contribution in [0.25, 0.3) is 21.5 Å². The highest BCUT2D eigenvalue weighted by molar-refractivity contribution is 6.02. The molecule has 3 aromatic carbocycles. The van der Waals surface area contributed by atoms with Crippen molar-refractivity contribution in [1.29, 1.82) is 0 Å². The molecule has 3 N–H and O–H groups in total. The van der Waals surface area contributed by atoms with Crippen LogP contribution < -0.4 is 5.32 Å². The Bertz CT molecular complexity index is 774. The number of aliphatic hydroxyl groups is 2. The van der Waals surface area contributed by atoms with Crippen LogP contribution in [0.15, 0.2) is 54.6 Å². The minimum absolute atomic E-state index is 0.118. The monoisotopic (exact) mass is 309 g/mol. The summed E-state index contributed by atoms with van der Waals surface area (Å²) in [7, 11) is 0. The molecule has 23 heavy (non-hydrogen) atoms. The van der Waals surface area contributed by atoms with Gasteiger partial charge in [-0.2, -0.15) is 0 Å². The molecule has 0 bridgehead atoms. The van der Waals surface area contributed by atoms with Crippen LogP contribution in [0.4, 0.5) is 0 Å². The summed E-state index contributed by atoms with van der Waals surface area (Å²) in [5.41, 5.74) is 0.469. The second kappa shape index (κ2) is 6.28. The van der Waals surface area contributed by atoms with Gasteiger partial charge in [-0.15, -0.1) is 0 Å². The summed E-state index contributed by atoms with van der Waals surface area (Å²) in [5, 5.41) is 27.7. The lowest BCUT2D eigenvalue weighted by Gasteiger charge is -2.32. The van der Waals surface area contributed by atoms with E-state index in [-0.39, 0.29) is 6.61 Å². The minimum atomic E-state index is -0.724. The molecule has 0 aliphatic carbocycles. The molecule has 2 atom stereocenters. The molecule has 0 aliphatic rings. The van der Waals surface area contributed by atoms with Crippen molar-refractivity contribution in [1.82, 2.24) is 5.32 Å². The van der Waals surface area contributed by atoms with Crippen molar-refractivity contribution in [2.24, 2.45) is 0 Å². The van der Waals surface area contributed by atoms with E-state index in [2.05, 4.69) is 35.6 Å². The van der Waals surface area contributed by atoms with Gasteiger partial charge in [0.05, 0.1) is 18.2 Å². The predicted octanol–water partition coefficient (Wildman–Crippen LogP) is 3.21. The number of nitrogens with one attached hydrogen (secondary N) is 1. The van der Waals surface area contributed by atoms with E-state index in [1.54, 1.807) is 6.92 Å². The molecule has 120 valence electrons. The van der Waals surface area contributed by atoms with E-state index in [4.69, 9.17) is 0 Å². The fraction of sp³-hybridized carbons (Fsp3) is 0.300. The van der Waals surface area contributed by atoms with E-state index in [1.807, 2.05) is 31.2 Å². The number of aliphatic hydroxyl groups excluding tert-OH is 2. The first-order valence-corrected chi connectivity index (χ1v) is 7.98. The maximum atomic E-state index is 9.95. The molecule has 3 aromatic rings. The van der Waals surface area contributed by atoms with E-state index in [0.29, 0.717) is 6.54 Å². The van der Waals surface area contributed by atoms with Crippen LogP contribution in [0, 0.1) is 0 Å². The lowest BCUT2D eigenvalue weighted by molar-refractivity contribution is 0.0405.